The van der Waals surface area contributed by atoms with Crippen LogP contribution in [0.5, 0.6) is 0 Å². The normalized spacial score (nSPS) is 20.8. The lowest BCUT2D eigenvalue weighted by Crippen LogP contribution is -2.45. The van der Waals surface area contributed by atoms with Crippen LogP contribution in [0.25, 0.3) is 0 Å². The predicted octanol–water partition coefficient (Wildman–Crippen LogP) is 0.718. The average Bonchev–Trinajstić information content (AvgIpc) is 2.84. The third-order valence-electron chi connectivity index (χ3n) is 3.34. The van der Waals surface area contributed by atoms with Crippen molar-refractivity contribution in [3.63, 3.8) is 0 Å². The van der Waals surface area contributed by atoms with Crippen LogP contribution >= 0.6 is 0 Å². The molecule has 0 saturated carbocycles. The van der Waals surface area contributed by atoms with Crippen LogP contribution in [0.15, 0.2) is 12.4 Å². The molecule has 0 amide bonds. The van der Waals surface area contributed by atoms with E-state index in [0.717, 1.165) is 32.2 Å². The zero-order chi connectivity index (χ0) is 12.1. The lowest BCUT2D eigenvalue weighted by molar-refractivity contribution is 0.187. The second kappa shape index (κ2) is 6.02. The molecule has 1 fully saturated rings. The Morgan fingerprint density at radius 1 is 1.59 bits per heavy atom. The van der Waals surface area contributed by atoms with E-state index < -0.39 is 0 Å². The fourth-order valence-electron chi connectivity index (χ4n) is 2.34. The summed E-state index contributed by atoms with van der Waals surface area (Å²) in [6.45, 7) is 3.74. The van der Waals surface area contributed by atoms with E-state index in [-0.39, 0.29) is 0 Å². The minimum Gasteiger partial charge on any atom is -0.383 e. The number of anilines is 1. The number of ether oxygens (including phenoxy) is 1. The molecule has 1 aliphatic heterocycles. The average molecular weight is 238 g/mol. The van der Waals surface area contributed by atoms with E-state index in [1.54, 1.807) is 7.11 Å². The van der Waals surface area contributed by atoms with Gasteiger partial charge >= 0.3 is 0 Å². The van der Waals surface area contributed by atoms with Gasteiger partial charge in [-0.15, -0.1) is 0 Å². The Hall–Kier alpha value is -1.07. The maximum Gasteiger partial charge on any atom is 0.205 e. The van der Waals surface area contributed by atoms with Gasteiger partial charge < -0.3 is 19.5 Å². The van der Waals surface area contributed by atoms with E-state index in [9.17, 15) is 0 Å². The van der Waals surface area contributed by atoms with Gasteiger partial charge in [0.05, 0.1) is 6.61 Å². The van der Waals surface area contributed by atoms with Gasteiger partial charge in [0.15, 0.2) is 0 Å². The molecule has 0 bridgehead atoms. The Morgan fingerprint density at radius 3 is 3.24 bits per heavy atom. The van der Waals surface area contributed by atoms with Gasteiger partial charge in [-0.3, -0.25) is 0 Å². The summed E-state index contributed by atoms with van der Waals surface area (Å²) in [6, 6.07) is 0.580. The number of rotatable bonds is 5. The van der Waals surface area contributed by atoms with E-state index in [1.165, 1.54) is 12.8 Å². The van der Waals surface area contributed by atoms with E-state index >= 15 is 0 Å². The number of nitrogens with one attached hydrogen (secondary N) is 1. The SMILES string of the molecule is CNC1CCCN(c2nccn2CCOC)C1. The monoisotopic (exact) mass is 238 g/mol. The van der Waals surface area contributed by atoms with Crippen molar-refractivity contribution in [3.05, 3.63) is 12.4 Å². The fraction of sp³-hybridized carbons (Fsp3) is 0.750. The molecule has 96 valence electrons. The zero-order valence-corrected chi connectivity index (χ0v) is 10.7. The van der Waals surface area contributed by atoms with Gasteiger partial charge in [-0.25, -0.2) is 4.98 Å². The van der Waals surface area contributed by atoms with Crippen LogP contribution in [-0.4, -0.2) is 49.4 Å². The standard InChI is InChI=1S/C12H22N4O/c1-13-11-4-3-6-16(10-11)12-14-5-7-15(12)8-9-17-2/h5,7,11,13H,3-4,6,8-10H2,1-2H3. The maximum absolute atomic E-state index is 5.12. The van der Waals surface area contributed by atoms with Crippen LogP contribution in [-0.2, 0) is 11.3 Å². The number of nitrogens with zero attached hydrogens (tertiary/aromatic N) is 3. The van der Waals surface area contributed by atoms with Gasteiger partial charge in [-0.1, -0.05) is 0 Å². The first-order chi connectivity index (χ1) is 8.35. The Labute approximate surface area is 103 Å². The van der Waals surface area contributed by atoms with Crippen molar-refractivity contribution in [2.45, 2.75) is 25.4 Å². The Kier molecular flexibility index (Phi) is 4.39. The van der Waals surface area contributed by atoms with Crippen molar-refractivity contribution in [3.8, 4) is 0 Å². The molecule has 2 rings (SSSR count). The molecule has 1 aliphatic rings. The van der Waals surface area contributed by atoms with Crippen molar-refractivity contribution >= 4 is 5.95 Å². The molecule has 0 spiro atoms. The number of hydrogen-bond donors (Lipinski definition) is 1. The first-order valence-corrected chi connectivity index (χ1v) is 6.27. The van der Waals surface area contributed by atoms with Gasteiger partial charge in [-0.05, 0) is 19.9 Å². The third-order valence-corrected chi connectivity index (χ3v) is 3.34. The summed E-state index contributed by atoms with van der Waals surface area (Å²) in [5, 5.41) is 3.36. The molecule has 17 heavy (non-hydrogen) atoms. The lowest BCUT2D eigenvalue weighted by Gasteiger charge is -2.33. The van der Waals surface area contributed by atoms with Gasteiger partial charge in [0, 0.05) is 45.2 Å². The summed E-state index contributed by atoms with van der Waals surface area (Å²) in [6.07, 6.45) is 6.37. The highest BCUT2D eigenvalue weighted by atomic mass is 16.5. The van der Waals surface area contributed by atoms with Crippen LogP contribution in [0.2, 0.25) is 0 Å². The van der Waals surface area contributed by atoms with E-state index in [0.29, 0.717) is 6.04 Å². The predicted molar refractivity (Wildman–Crippen MR) is 68.4 cm³/mol. The Bertz CT molecular complexity index is 339. The second-order valence-corrected chi connectivity index (χ2v) is 4.49. The quantitative estimate of drug-likeness (QED) is 0.820. The first kappa shape index (κ1) is 12.4. The molecule has 0 aromatic carbocycles. The van der Waals surface area contributed by atoms with Crippen molar-refractivity contribution < 1.29 is 4.74 Å². The number of imidazole rings is 1. The van der Waals surface area contributed by atoms with Crippen molar-refractivity contribution in [2.24, 2.45) is 0 Å². The molecule has 0 radical (unpaired) electrons. The Balaban J connectivity index is 2.02. The highest BCUT2D eigenvalue weighted by Gasteiger charge is 2.21. The highest BCUT2D eigenvalue weighted by molar-refractivity contribution is 5.32. The minimum atomic E-state index is 0.580. The zero-order valence-electron chi connectivity index (χ0n) is 10.7. The van der Waals surface area contributed by atoms with Gasteiger partial charge in [0.25, 0.3) is 0 Å². The molecule has 2 heterocycles. The summed E-state index contributed by atoms with van der Waals surface area (Å²) in [7, 11) is 3.76. The number of methoxy groups -OCH3 is 1. The van der Waals surface area contributed by atoms with E-state index in [2.05, 4.69) is 19.8 Å². The van der Waals surface area contributed by atoms with Crippen molar-refractivity contribution in [1.82, 2.24) is 14.9 Å². The minimum absolute atomic E-state index is 0.580. The van der Waals surface area contributed by atoms with Gasteiger partial charge in [0.2, 0.25) is 5.95 Å². The number of hydrogen-bond acceptors (Lipinski definition) is 4. The molecule has 1 aromatic rings. The van der Waals surface area contributed by atoms with E-state index in [1.807, 2.05) is 19.4 Å². The van der Waals surface area contributed by atoms with Crippen molar-refractivity contribution in [2.75, 3.05) is 38.8 Å². The molecule has 5 heteroatoms. The van der Waals surface area contributed by atoms with Crippen LogP contribution in [0.1, 0.15) is 12.8 Å². The van der Waals surface area contributed by atoms with E-state index in [4.69, 9.17) is 4.74 Å². The summed E-state index contributed by atoms with van der Waals surface area (Å²) in [5.41, 5.74) is 0. The fourth-order valence-corrected chi connectivity index (χ4v) is 2.34. The molecular formula is C12H22N4O. The van der Waals surface area contributed by atoms with Crippen LogP contribution in [0, 0.1) is 0 Å². The van der Waals surface area contributed by atoms with Crippen LogP contribution in [0.4, 0.5) is 5.95 Å². The summed E-state index contributed by atoms with van der Waals surface area (Å²) < 4.78 is 7.29. The summed E-state index contributed by atoms with van der Waals surface area (Å²) in [4.78, 5) is 6.83. The summed E-state index contributed by atoms with van der Waals surface area (Å²) >= 11 is 0. The highest BCUT2D eigenvalue weighted by Crippen LogP contribution is 2.18. The van der Waals surface area contributed by atoms with Crippen LogP contribution < -0.4 is 10.2 Å². The molecule has 1 atom stereocenters. The molecule has 1 aromatic heterocycles. The molecular weight excluding hydrogens is 216 g/mol. The first-order valence-electron chi connectivity index (χ1n) is 6.27. The number of piperidine rings is 1. The van der Waals surface area contributed by atoms with Crippen LogP contribution in [0.3, 0.4) is 0 Å². The largest absolute Gasteiger partial charge is 0.383 e. The number of likely N-dealkylation sites (N-methyl/N-ethyl adjacent to an activating group) is 1. The third kappa shape index (κ3) is 2.98. The molecule has 1 saturated heterocycles. The number of aromatic nitrogens is 2. The van der Waals surface area contributed by atoms with Crippen molar-refractivity contribution in [1.29, 1.82) is 0 Å². The Morgan fingerprint density at radius 2 is 2.47 bits per heavy atom. The summed E-state index contributed by atoms with van der Waals surface area (Å²) in [5.74, 6) is 1.07. The lowest BCUT2D eigenvalue weighted by atomic mass is 10.1. The molecule has 1 unspecified atom stereocenters. The second-order valence-electron chi connectivity index (χ2n) is 4.49. The maximum atomic E-state index is 5.12. The van der Waals surface area contributed by atoms with Gasteiger partial charge in [-0.2, -0.15) is 0 Å². The smallest absolute Gasteiger partial charge is 0.205 e. The topological polar surface area (TPSA) is 42.3 Å². The molecule has 0 aliphatic carbocycles. The van der Waals surface area contributed by atoms with Gasteiger partial charge in [0.1, 0.15) is 0 Å². The molecule has 1 N–H and O–H groups in total. The molecule has 5 nitrogen and oxygen atoms in total.